The molecule has 0 aliphatic heterocycles. The summed E-state index contributed by atoms with van der Waals surface area (Å²) in [7, 11) is 0. The molecule has 0 heterocycles. The molecule has 0 nitrogen and oxygen atoms in total. The average molecular weight is 1420 g/mol. The van der Waals surface area contributed by atoms with Gasteiger partial charge in [-0.2, -0.15) is 0 Å². The van der Waals surface area contributed by atoms with Crippen molar-refractivity contribution < 1.29 is 10.1 Å². The Bertz CT molecular complexity index is 91.5. The van der Waals surface area contributed by atoms with Gasteiger partial charge in [-0.15, -0.1) is 0 Å². The summed E-state index contributed by atoms with van der Waals surface area (Å²) in [5, 5.41) is 0. The molecule has 0 amide bonds. The molecule has 0 radical (unpaired) electrons. The summed E-state index contributed by atoms with van der Waals surface area (Å²) in [6, 6.07) is 0. The van der Waals surface area contributed by atoms with Crippen LogP contribution >= 0.6 is 55.4 Å². The van der Waals surface area contributed by atoms with Gasteiger partial charge in [0.2, 0.25) is 0 Å². The molecule has 0 spiro atoms. The summed E-state index contributed by atoms with van der Waals surface area (Å²) >= 11 is -1.42. The first-order valence-corrected chi connectivity index (χ1v) is 7.91. The summed E-state index contributed by atoms with van der Waals surface area (Å²) in [5.41, 5.74) is 0.0833. The van der Waals surface area contributed by atoms with Crippen LogP contribution in [0.1, 0.15) is 475 Å². The predicted molar refractivity (Wildman–Crippen MR) is 490 cm³/mol. The molecule has 0 bridgehead atoms. The van der Waals surface area contributed by atoms with E-state index in [2.05, 4.69) is 12.2 Å². The van der Waals surface area contributed by atoms with Crippen LogP contribution in [0.15, 0.2) is 0 Å². The fraction of sp³-hybridized carbons (Fsp3) is 0.985. The number of rotatable bonds is 0. The number of alkyl halides is 2. The molecule has 574 valence electrons. The zero-order valence-corrected chi connectivity index (χ0v) is 10.0. The van der Waals surface area contributed by atoms with E-state index >= 15 is 0 Å². The van der Waals surface area contributed by atoms with Crippen molar-refractivity contribution in [1.82, 2.24) is 0 Å². The van der Waals surface area contributed by atoms with Crippen LogP contribution in [0.3, 0.4) is 0 Å². The SMILES string of the molecule is C.C.C.C.C.C.C.C.C.C.C.C.C.C.C.C.C.C.C.C.C.C.C.C.C.C.C.C.C.C.C.C.C.C.C.C.C.C.C.C.C.C.C.C.C.C.C.C.C.C.C.C.C.C.C.C.C.C.C.C.C.C.C.C.FC=S.[3H]I(C)F.[3H]I(C)F. The molecule has 0 fully saturated rings. The summed E-state index contributed by atoms with van der Waals surface area (Å²) in [4.78, 5) is 2.65. The van der Waals surface area contributed by atoms with Crippen molar-refractivity contribution >= 4 is 61.0 Å². The first-order valence-electron chi connectivity index (χ1n) is 2.25. The van der Waals surface area contributed by atoms with Gasteiger partial charge in [-0.1, -0.05) is 488 Å². The van der Waals surface area contributed by atoms with E-state index in [4.69, 9.17) is 1.19 Å². The minimum absolute atomic E-state index is 0. The maximum absolute atomic E-state index is 10.8. The van der Waals surface area contributed by atoms with Gasteiger partial charge < -0.3 is 0 Å². The monoisotopic (exact) mass is 1420 g/mol. The molecule has 0 N–H and O–H groups in total. The fourth-order valence-corrected chi connectivity index (χ4v) is 0. The van der Waals surface area contributed by atoms with Crippen LogP contribution in [0.2, 0.25) is 0 Å². The van der Waals surface area contributed by atoms with Crippen molar-refractivity contribution in [2.45, 2.75) is 475 Å². The summed E-state index contributed by atoms with van der Waals surface area (Å²) < 4.78 is 43.8. The van der Waals surface area contributed by atoms with Gasteiger partial charge in [0.25, 0.3) is 0 Å². The van der Waals surface area contributed by atoms with Gasteiger partial charge in [0, 0.05) is 0 Å². The van der Waals surface area contributed by atoms with E-state index in [1.54, 1.807) is 0 Å². The Morgan fingerprint density at radius 1 is 0.192 bits per heavy atom. The van der Waals surface area contributed by atoms with Crippen LogP contribution in [0.4, 0.5) is 10.1 Å². The van der Waals surface area contributed by atoms with E-state index in [9.17, 15) is 10.1 Å². The Labute approximate surface area is 553 Å². The normalized spacial score (nSPS) is 1.44. The first kappa shape index (κ1) is 4580. The molecule has 0 aliphatic rings. The van der Waals surface area contributed by atoms with Gasteiger partial charge in [-0.3, -0.25) is 0 Å². The van der Waals surface area contributed by atoms with Gasteiger partial charge in [0.05, 0.1) is 0 Å². The standard InChI is InChI=1S/2CH4FI.CHFS.64CH4/c2*1-3-2;2-1-3;;;;;;;;;;;;;;;;;;;;;;;;;;;;;;;;;;;;;;;;;;;;;;;;;;;;;;;;;;;;;;;;/h2*3H,1H3;1H;64*1H4/i2*3T;;;;;;;;;;;;;;;;;;;;;;;;;;;;;;;;;;;;;;;;;;;;;;;;;;;;;;;;;;;;;;;;;. The Kier molecular flexibility index (Phi) is 1280000. The summed E-state index contributed by atoms with van der Waals surface area (Å²) in [5.74, 6) is 0. The van der Waals surface area contributed by atoms with Crippen LogP contribution in [0.25, 0.3) is 0 Å². The number of hydrogen-bond acceptors (Lipinski definition) is 1. The fourth-order valence-electron chi connectivity index (χ4n) is 0. The third-order valence-electron chi connectivity index (χ3n) is 0. The topological polar surface area (TPSA) is 0 Å². The number of halogens is 5. The molecule has 0 atom stereocenters. The summed E-state index contributed by atoms with van der Waals surface area (Å²) in [6.45, 7) is 0. The molecular weight excluding hydrogens is 1150 g/mol. The van der Waals surface area contributed by atoms with Gasteiger partial charge in [-0.05, 0) is 0 Å². The van der Waals surface area contributed by atoms with Crippen molar-refractivity contribution in [3.05, 3.63) is 0 Å². The van der Waals surface area contributed by atoms with Gasteiger partial charge in [0.1, 0.15) is 5.62 Å². The molecule has 0 saturated heterocycles. The molecule has 0 saturated carbocycles. The van der Waals surface area contributed by atoms with E-state index in [1.165, 1.54) is 9.86 Å². The first-order chi connectivity index (χ1) is 4.88. The van der Waals surface area contributed by atoms with Crippen LogP contribution in [0.5, 0.6) is 0 Å². The predicted octanol–water partition coefficient (Wildman–Crippen LogP) is 44.0. The number of hydrogen-bond donors (Lipinski definition) is 0. The minimum atomic E-state index is -2.51. The van der Waals surface area contributed by atoms with Crippen LogP contribution in [-0.2, 0) is 0 Å². The second kappa shape index (κ2) is 20400. The maximum atomic E-state index is 10.8. The average Bonchev–Trinajstić information content (AvgIpc) is 1.60. The second-order valence-electron chi connectivity index (χ2n) is 0.375. The summed E-state index contributed by atoms with van der Waals surface area (Å²) in [6.07, 6.45) is 0. The van der Waals surface area contributed by atoms with Crippen molar-refractivity contribution in [1.29, 1.82) is 1.19 Å². The van der Waals surface area contributed by atoms with Crippen molar-refractivity contribution in [3.8, 4) is 0 Å². The molecule has 6 heteroatoms. The van der Waals surface area contributed by atoms with E-state index < -0.39 is 43.2 Å². The van der Waals surface area contributed by atoms with Gasteiger partial charge >= 0.3 is 59.9 Å². The molecule has 0 aliphatic carbocycles. The second-order valence-corrected chi connectivity index (χ2v) is 2.18. The van der Waals surface area contributed by atoms with Crippen LogP contribution < -0.4 is 0 Å². The Hall–Kier alpha value is 1.34. The van der Waals surface area contributed by atoms with Crippen LogP contribution in [-0.4, -0.2) is 16.7 Å². The Balaban J connectivity index is -0.000000000138. The van der Waals surface area contributed by atoms with Crippen LogP contribution in [0, 0.1) is 0 Å². The zero-order chi connectivity index (χ0) is 9.86. The number of thiocarbonyl (C=S) groups is 1. The van der Waals surface area contributed by atoms with E-state index in [0.29, 0.717) is 0 Å². The van der Waals surface area contributed by atoms with E-state index in [-0.39, 0.29) is 481 Å². The molecule has 73 heavy (non-hydrogen) atoms. The molecule has 0 rings (SSSR count). The van der Waals surface area contributed by atoms with Gasteiger partial charge in [-0.25, -0.2) is 4.39 Å². The van der Waals surface area contributed by atoms with E-state index in [1.807, 2.05) is 0 Å². The van der Waals surface area contributed by atoms with Crippen molar-refractivity contribution in [2.75, 3.05) is 9.86 Å². The molecule has 0 unspecified atom stereocenters. The zero-order valence-electron chi connectivity index (χ0n) is 6.88. The Morgan fingerprint density at radius 2 is 0.192 bits per heavy atom. The quantitative estimate of drug-likeness (QED) is 0.101. The third kappa shape index (κ3) is 208000. The molecule has 0 aromatic carbocycles. The third-order valence-corrected chi connectivity index (χ3v) is 0. The molecule has 0 aromatic rings. The van der Waals surface area contributed by atoms with Crippen molar-refractivity contribution in [3.63, 3.8) is 0 Å². The van der Waals surface area contributed by atoms with Gasteiger partial charge in [0.15, 0.2) is 0 Å². The van der Waals surface area contributed by atoms with Crippen molar-refractivity contribution in [2.24, 2.45) is 0 Å². The molecular formula is C67H265F3I2S. The van der Waals surface area contributed by atoms with E-state index in [0.717, 1.165) is 0 Å². The Morgan fingerprint density at radius 3 is 0.192 bits per heavy atom. The molecule has 0 aromatic heterocycles.